The van der Waals surface area contributed by atoms with Crippen LogP contribution in [-0.2, 0) is 0 Å². The van der Waals surface area contributed by atoms with Gasteiger partial charge in [0.25, 0.3) is 5.91 Å². The molecule has 0 spiro atoms. The normalized spacial score (nSPS) is 11.1. The van der Waals surface area contributed by atoms with Crippen LogP contribution in [0.2, 0.25) is 0 Å². The van der Waals surface area contributed by atoms with Gasteiger partial charge in [-0.2, -0.15) is 9.67 Å². The van der Waals surface area contributed by atoms with Gasteiger partial charge in [-0.3, -0.25) is 9.78 Å². The number of hydrogen-bond acceptors (Lipinski definition) is 6. The molecule has 0 aliphatic carbocycles. The molecule has 3 rings (SSSR count). The minimum Gasteiger partial charge on any atom is -0.496 e. The Kier molecular flexibility index (Phi) is 5.96. The van der Waals surface area contributed by atoms with E-state index in [0.29, 0.717) is 29.6 Å². The average molecular weight is 375 g/mol. The molecule has 0 atom stereocenters. The van der Waals surface area contributed by atoms with Crippen molar-refractivity contribution >= 4 is 11.9 Å². The molecular formula is C21H21N5O2. The second kappa shape index (κ2) is 8.77. The van der Waals surface area contributed by atoms with Crippen LogP contribution < -0.4 is 10.1 Å². The topological polar surface area (TPSA) is 81.9 Å². The smallest absolute Gasteiger partial charge is 0.285 e. The van der Waals surface area contributed by atoms with Crippen LogP contribution in [0.1, 0.15) is 17.3 Å². The first-order valence-corrected chi connectivity index (χ1v) is 8.71. The van der Waals surface area contributed by atoms with Crippen LogP contribution in [0, 0.1) is 0 Å². The zero-order chi connectivity index (χ0) is 19.9. The molecule has 0 aliphatic rings. The maximum atomic E-state index is 13.2. The van der Waals surface area contributed by atoms with Gasteiger partial charge in [-0.25, -0.2) is 0 Å². The predicted molar refractivity (Wildman–Crippen MR) is 108 cm³/mol. The van der Waals surface area contributed by atoms with Gasteiger partial charge in [-0.15, -0.1) is 5.10 Å². The van der Waals surface area contributed by atoms with Crippen molar-refractivity contribution in [1.82, 2.24) is 19.7 Å². The van der Waals surface area contributed by atoms with E-state index in [1.54, 1.807) is 48.8 Å². The van der Waals surface area contributed by atoms with Gasteiger partial charge in [0.2, 0.25) is 5.95 Å². The standard InChI is InChI=1S/C21H21N5O2/c1-4-7-15(2)14-23-21-24-19(16-10-12-22-13-11-16)25-26(21)20(27)17-8-5-6-9-18(17)28-3/h4-13H,1,14H2,2-3H3,(H,23,24,25). The van der Waals surface area contributed by atoms with E-state index in [1.165, 1.54) is 11.8 Å². The van der Waals surface area contributed by atoms with Crippen molar-refractivity contribution in [2.75, 3.05) is 19.0 Å². The second-order valence-corrected chi connectivity index (χ2v) is 6.01. The number of hydrogen-bond donors (Lipinski definition) is 1. The number of para-hydroxylation sites is 1. The average Bonchev–Trinajstić information content (AvgIpc) is 3.17. The van der Waals surface area contributed by atoms with Crippen molar-refractivity contribution in [3.63, 3.8) is 0 Å². The highest BCUT2D eigenvalue weighted by Crippen LogP contribution is 2.22. The fourth-order valence-corrected chi connectivity index (χ4v) is 2.61. The van der Waals surface area contributed by atoms with Crippen molar-refractivity contribution in [2.24, 2.45) is 0 Å². The van der Waals surface area contributed by atoms with Gasteiger partial charge < -0.3 is 10.1 Å². The number of benzene rings is 1. The number of allylic oxidation sites excluding steroid dienone is 2. The summed E-state index contributed by atoms with van der Waals surface area (Å²) in [5.41, 5.74) is 2.21. The molecule has 0 amide bonds. The first-order valence-electron chi connectivity index (χ1n) is 8.71. The van der Waals surface area contributed by atoms with Crippen LogP contribution in [0.4, 0.5) is 5.95 Å². The molecular weight excluding hydrogens is 354 g/mol. The highest BCUT2D eigenvalue weighted by molar-refractivity contribution is 5.99. The molecule has 2 heterocycles. The molecule has 142 valence electrons. The molecule has 7 nitrogen and oxygen atoms in total. The minimum atomic E-state index is -0.335. The summed E-state index contributed by atoms with van der Waals surface area (Å²) in [4.78, 5) is 21.7. The Bertz CT molecular complexity index is 1010. The van der Waals surface area contributed by atoms with Crippen molar-refractivity contribution in [1.29, 1.82) is 0 Å². The Hall–Kier alpha value is -3.74. The number of carbonyl (C=O) groups is 1. The monoisotopic (exact) mass is 375 g/mol. The van der Waals surface area contributed by atoms with Crippen molar-refractivity contribution in [3.05, 3.63) is 78.7 Å². The van der Waals surface area contributed by atoms with Crippen LogP contribution in [0.5, 0.6) is 5.75 Å². The van der Waals surface area contributed by atoms with Gasteiger partial charge in [0, 0.05) is 24.5 Å². The van der Waals surface area contributed by atoms with E-state index >= 15 is 0 Å². The van der Waals surface area contributed by atoms with E-state index in [4.69, 9.17) is 4.74 Å². The van der Waals surface area contributed by atoms with Gasteiger partial charge in [0.1, 0.15) is 5.75 Å². The van der Waals surface area contributed by atoms with E-state index in [0.717, 1.165) is 11.1 Å². The van der Waals surface area contributed by atoms with Crippen LogP contribution in [-0.4, -0.2) is 39.3 Å². The highest BCUT2D eigenvalue weighted by atomic mass is 16.5. The second-order valence-electron chi connectivity index (χ2n) is 6.01. The lowest BCUT2D eigenvalue weighted by atomic mass is 10.2. The van der Waals surface area contributed by atoms with E-state index in [9.17, 15) is 4.79 Å². The summed E-state index contributed by atoms with van der Waals surface area (Å²) in [5.74, 6) is 0.915. The quantitative estimate of drug-likeness (QED) is 0.636. The number of rotatable bonds is 7. The van der Waals surface area contributed by atoms with Crippen LogP contribution in [0.15, 0.2) is 73.1 Å². The molecule has 1 N–H and O–H groups in total. The first-order chi connectivity index (χ1) is 13.6. The Morgan fingerprint density at radius 2 is 2.00 bits per heavy atom. The van der Waals surface area contributed by atoms with Crippen molar-refractivity contribution in [2.45, 2.75) is 6.92 Å². The van der Waals surface area contributed by atoms with E-state index in [2.05, 4.69) is 27.0 Å². The van der Waals surface area contributed by atoms with Gasteiger partial charge in [0.15, 0.2) is 5.82 Å². The van der Waals surface area contributed by atoms with E-state index in [-0.39, 0.29) is 5.91 Å². The number of nitrogens with one attached hydrogen (secondary N) is 1. The number of ether oxygens (including phenoxy) is 1. The SMILES string of the molecule is C=CC=C(C)CNc1nc(-c2ccncc2)nn1C(=O)c1ccccc1OC. The summed E-state index contributed by atoms with van der Waals surface area (Å²) in [7, 11) is 1.53. The lowest BCUT2D eigenvalue weighted by Gasteiger charge is -2.09. The molecule has 0 saturated heterocycles. The Labute approximate surface area is 163 Å². The molecule has 1 aromatic carbocycles. The Morgan fingerprint density at radius 3 is 2.71 bits per heavy atom. The number of carbonyl (C=O) groups excluding carboxylic acids is 1. The number of aromatic nitrogens is 4. The molecule has 7 heteroatoms. The molecule has 28 heavy (non-hydrogen) atoms. The molecule has 0 bridgehead atoms. The third kappa shape index (κ3) is 4.15. The summed E-state index contributed by atoms with van der Waals surface area (Å²) >= 11 is 0. The molecule has 0 fully saturated rings. The molecule has 0 radical (unpaired) electrons. The first kappa shape index (κ1) is 19.0. The number of pyridine rings is 1. The van der Waals surface area contributed by atoms with E-state index < -0.39 is 0 Å². The predicted octanol–water partition coefficient (Wildman–Crippen LogP) is 3.58. The Balaban J connectivity index is 2.02. The third-order valence-corrected chi connectivity index (χ3v) is 4.00. The van der Waals surface area contributed by atoms with Gasteiger partial charge in [-0.1, -0.05) is 36.4 Å². The Morgan fingerprint density at radius 1 is 1.25 bits per heavy atom. The summed E-state index contributed by atoms with van der Waals surface area (Å²) in [6.45, 7) is 6.15. The molecule has 0 aliphatic heterocycles. The summed E-state index contributed by atoms with van der Waals surface area (Å²) < 4.78 is 6.58. The zero-order valence-corrected chi connectivity index (χ0v) is 15.8. The fraction of sp³-hybridized carbons (Fsp3) is 0.143. The van der Waals surface area contributed by atoms with Crippen molar-refractivity contribution < 1.29 is 9.53 Å². The fourth-order valence-electron chi connectivity index (χ4n) is 2.61. The van der Waals surface area contributed by atoms with Gasteiger partial charge in [-0.05, 0) is 31.2 Å². The molecule has 2 aromatic heterocycles. The lowest BCUT2D eigenvalue weighted by molar-refractivity contribution is 0.0944. The van der Waals surface area contributed by atoms with Gasteiger partial charge in [0.05, 0.1) is 12.7 Å². The van der Waals surface area contributed by atoms with Gasteiger partial charge >= 0.3 is 0 Å². The maximum Gasteiger partial charge on any atom is 0.285 e. The highest BCUT2D eigenvalue weighted by Gasteiger charge is 2.21. The van der Waals surface area contributed by atoms with Crippen LogP contribution in [0.25, 0.3) is 11.4 Å². The summed E-state index contributed by atoms with van der Waals surface area (Å²) in [5, 5.41) is 7.60. The number of methoxy groups -OCH3 is 1. The zero-order valence-electron chi connectivity index (χ0n) is 15.8. The van der Waals surface area contributed by atoms with Crippen molar-refractivity contribution in [3.8, 4) is 17.1 Å². The van der Waals surface area contributed by atoms with Crippen LogP contribution in [0.3, 0.4) is 0 Å². The molecule has 0 unspecified atom stereocenters. The number of anilines is 1. The molecule has 3 aromatic rings. The van der Waals surface area contributed by atoms with Crippen LogP contribution >= 0.6 is 0 Å². The summed E-state index contributed by atoms with van der Waals surface area (Å²) in [6.07, 6.45) is 6.91. The largest absolute Gasteiger partial charge is 0.496 e. The maximum absolute atomic E-state index is 13.2. The molecule has 0 saturated carbocycles. The third-order valence-electron chi connectivity index (χ3n) is 4.00. The summed E-state index contributed by atoms with van der Waals surface area (Å²) in [6, 6.07) is 10.6. The van der Waals surface area contributed by atoms with E-state index in [1.807, 2.05) is 19.1 Å². The number of nitrogens with zero attached hydrogens (tertiary/aromatic N) is 4. The lowest BCUT2D eigenvalue weighted by Crippen LogP contribution is -2.19. The minimum absolute atomic E-state index is 0.335.